The Morgan fingerprint density at radius 1 is 0.938 bits per heavy atom. The Kier molecular flexibility index (Phi) is 6.61. The predicted molar refractivity (Wildman–Crippen MR) is 115 cm³/mol. The number of hydrogen-bond donors (Lipinski definition) is 4. The van der Waals surface area contributed by atoms with Crippen LogP contribution in [0.25, 0.3) is 11.1 Å². The molecule has 2 aromatic carbocycles. The Labute approximate surface area is 184 Å². The zero-order valence-electron chi connectivity index (χ0n) is 16.3. The molecule has 1 heterocycles. The molecule has 0 aliphatic heterocycles. The van der Waals surface area contributed by atoms with Crippen LogP contribution >= 0.6 is 11.3 Å². The van der Waals surface area contributed by atoms with Gasteiger partial charge in [-0.05, 0) is 52.9 Å². The summed E-state index contributed by atoms with van der Waals surface area (Å²) < 4.78 is 39.9. The Bertz CT molecular complexity index is 1170. The van der Waals surface area contributed by atoms with Gasteiger partial charge in [-0.25, -0.2) is 0 Å². The summed E-state index contributed by atoms with van der Waals surface area (Å²) in [6.45, 7) is -0.378. The minimum atomic E-state index is -4.63. The van der Waals surface area contributed by atoms with Crippen LogP contribution in [0.1, 0.15) is 26.3 Å². The number of nitrogens with one attached hydrogen (secondary N) is 2. The fraction of sp³-hybridized carbons (Fsp3) is 0.0952. The third kappa shape index (κ3) is 5.31. The van der Waals surface area contributed by atoms with E-state index in [9.17, 15) is 27.6 Å². The van der Waals surface area contributed by atoms with Gasteiger partial charge in [0.2, 0.25) is 5.91 Å². The third-order valence-electron chi connectivity index (χ3n) is 4.37. The summed E-state index contributed by atoms with van der Waals surface area (Å²) in [5.74, 6) is -1.83. The first-order chi connectivity index (χ1) is 15.1. The minimum absolute atomic E-state index is 0.0521. The van der Waals surface area contributed by atoms with Crippen molar-refractivity contribution in [1.29, 1.82) is 0 Å². The number of rotatable bonds is 6. The number of halogens is 3. The fourth-order valence-corrected chi connectivity index (χ4v) is 3.62. The number of anilines is 2. The number of carbonyl (C=O) groups excluding carboxylic acids is 3. The van der Waals surface area contributed by atoms with Gasteiger partial charge in [-0.15, -0.1) is 11.3 Å². The molecule has 1 aromatic heterocycles. The summed E-state index contributed by atoms with van der Waals surface area (Å²) >= 11 is 1.13. The molecule has 0 unspecified atom stereocenters. The van der Waals surface area contributed by atoms with E-state index < -0.39 is 29.5 Å². The highest BCUT2D eigenvalue weighted by atomic mass is 32.1. The number of alkyl halides is 3. The van der Waals surface area contributed by atoms with Gasteiger partial charge in [-0.3, -0.25) is 14.4 Å². The van der Waals surface area contributed by atoms with Gasteiger partial charge in [0.1, 0.15) is 5.00 Å². The number of carbonyl (C=O) groups is 3. The van der Waals surface area contributed by atoms with Crippen molar-refractivity contribution in [3.8, 4) is 11.1 Å². The van der Waals surface area contributed by atoms with Crippen molar-refractivity contribution in [2.75, 3.05) is 17.2 Å². The Morgan fingerprint density at radius 2 is 1.62 bits per heavy atom. The second-order valence-electron chi connectivity index (χ2n) is 6.61. The summed E-state index contributed by atoms with van der Waals surface area (Å²) in [6.07, 6.45) is -4.63. The molecule has 3 aromatic rings. The fourth-order valence-electron chi connectivity index (χ4n) is 2.83. The van der Waals surface area contributed by atoms with Crippen molar-refractivity contribution >= 4 is 39.7 Å². The number of thiophene rings is 1. The van der Waals surface area contributed by atoms with E-state index in [-0.39, 0.29) is 28.9 Å². The lowest BCUT2D eigenvalue weighted by Gasteiger charge is -2.13. The highest BCUT2D eigenvalue weighted by Crippen LogP contribution is 2.35. The number of nitrogens with two attached hydrogens (primary N) is 2. The molecule has 11 heteroatoms. The lowest BCUT2D eigenvalue weighted by Crippen LogP contribution is -2.22. The van der Waals surface area contributed by atoms with Crippen molar-refractivity contribution in [2.24, 2.45) is 11.5 Å². The van der Waals surface area contributed by atoms with Gasteiger partial charge in [-0.1, -0.05) is 12.1 Å². The molecule has 166 valence electrons. The van der Waals surface area contributed by atoms with Gasteiger partial charge < -0.3 is 22.1 Å². The standard InChI is InChI=1S/C21H17F3N4O3S/c22-21(23,24)14-7-13(8-15(9-14)27-17(29)10-25)11-1-3-12(4-2-11)19(31)28-20-16(18(26)30)5-6-32-20/h1-9H,10,25H2,(H2,26,30)(H,27,29)(H,28,31). The maximum Gasteiger partial charge on any atom is 0.416 e. The van der Waals surface area contributed by atoms with Crippen LogP contribution in [-0.2, 0) is 11.0 Å². The van der Waals surface area contributed by atoms with Crippen LogP contribution in [0.5, 0.6) is 0 Å². The highest BCUT2D eigenvalue weighted by molar-refractivity contribution is 7.14. The van der Waals surface area contributed by atoms with Crippen LogP contribution in [0.3, 0.4) is 0 Å². The van der Waals surface area contributed by atoms with E-state index >= 15 is 0 Å². The van der Waals surface area contributed by atoms with Crippen molar-refractivity contribution in [3.05, 3.63) is 70.6 Å². The summed E-state index contributed by atoms with van der Waals surface area (Å²) in [7, 11) is 0. The quantitative estimate of drug-likeness (QED) is 0.446. The van der Waals surface area contributed by atoms with E-state index in [4.69, 9.17) is 11.5 Å². The number of amides is 3. The first kappa shape index (κ1) is 23.0. The molecule has 0 atom stereocenters. The second-order valence-corrected chi connectivity index (χ2v) is 7.52. The van der Waals surface area contributed by atoms with Gasteiger partial charge in [-0.2, -0.15) is 13.2 Å². The van der Waals surface area contributed by atoms with E-state index in [2.05, 4.69) is 10.6 Å². The van der Waals surface area contributed by atoms with Gasteiger partial charge in [0.15, 0.2) is 0 Å². The topological polar surface area (TPSA) is 127 Å². The zero-order chi connectivity index (χ0) is 23.5. The van der Waals surface area contributed by atoms with Crippen molar-refractivity contribution in [1.82, 2.24) is 0 Å². The largest absolute Gasteiger partial charge is 0.416 e. The molecule has 0 aliphatic rings. The monoisotopic (exact) mass is 462 g/mol. The Morgan fingerprint density at radius 3 is 2.22 bits per heavy atom. The van der Waals surface area contributed by atoms with Crippen molar-refractivity contribution in [2.45, 2.75) is 6.18 Å². The summed E-state index contributed by atoms with van der Waals surface area (Å²) in [5, 5.41) is 6.80. The SMILES string of the molecule is NCC(=O)Nc1cc(-c2ccc(C(=O)Nc3sccc3C(N)=O)cc2)cc(C(F)(F)F)c1. The van der Waals surface area contributed by atoms with Crippen LogP contribution < -0.4 is 22.1 Å². The van der Waals surface area contributed by atoms with Crippen LogP contribution in [0.4, 0.5) is 23.9 Å². The van der Waals surface area contributed by atoms with Gasteiger partial charge in [0.05, 0.1) is 17.7 Å². The molecule has 0 radical (unpaired) electrons. The molecule has 0 bridgehead atoms. The molecular weight excluding hydrogens is 445 g/mol. The molecule has 0 saturated heterocycles. The average molecular weight is 462 g/mol. The molecule has 0 fully saturated rings. The summed E-state index contributed by atoms with van der Waals surface area (Å²) in [5.41, 5.74) is 10.5. The molecule has 0 aliphatic carbocycles. The van der Waals surface area contributed by atoms with Gasteiger partial charge in [0.25, 0.3) is 11.8 Å². The van der Waals surface area contributed by atoms with E-state index in [1.165, 1.54) is 36.4 Å². The average Bonchev–Trinajstić information content (AvgIpc) is 3.21. The van der Waals surface area contributed by atoms with Crippen LogP contribution in [0.2, 0.25) is 0 Å². The smallest absolute Gasteiger partial charge is 0.366 e. The molecule has 6 N–H and O–H groups in total. The van der Waals surface area contributed by atoms with E-state index in [1.54, 1.807) is 5.38 Å². The molecule has 7 nitrogen and oxygen atoms in total. The van der Waals surface area contributed by atoms with Crippen LogP contribution in [0, 0.1) is 0 Å². The molecule has 0 saturated carbocycles. The first-order valence-corrected chi connectivity index (χ1v) is 9.97. The zero-order valence-corrected chi connectivity index (χ0v) is 17.1. The maximum atomic E-state index is 13.3. The molecular formula is C21H17F3N4O3S. The number of hydrogen-bond acceptors (Lipinski definition) is 5. The molecule has 3 rings (SSSR count). The normalized spacial score (nSPS) is 11.1. The van der Waals surface area contributed by atoms with Crippen molar-refractivity contribution < 1.29 is 27.6 Å². The van der Waals surface area contributed by atoms with Crippen LogP contribution in [-0.4, -0.2) is 24.3 Å². The van der Waals surface area contributed by atoms with Crippen LogP contribution in [0.15, 0.2) is 53.9 Å². The van der Waals surface area contributed by atoms with Gasteiger partial charge >= 0.3 is 6.18 Å². The molecule has 3 amide bonds. The maximum absolute atomic E-state index is 13.3. The van der Waals surface area contributed by atoms with E-state index in [0.717, 1.165) is 23.5 Å². The first-order valence-electron chi connectivity index (χ1n) is 9.10. The van der Waals surface area contributed by atoms with Gasteiger partial charge in [0, 0.05) is 11.3 Å². The highest BCUT2D eigenvalue weighted by Gasteiger charge is 2.31. The van der Waals surface area contributed by atoms with Crippen molar-refractivity contribution in [3.63, 3.8) is 0 Å². The second kappa shape index (κ2) is 9.20. The Balaban J connectivity index is 1.88. The Hall–Kier alpha value is -3.70. The third-order valence-corrected chi connectivity index (χ3v) is 5.20. The van der Waals surface area contributed by atoms with E-state index in [0.29, 0.717) is 10.6 Å². The predicted octanol–water partition coefficient (Wildman–Crippen LogP) is 3.68. The number of primary amides is 1. The minimum Gasteiger partial charge on any atom is -0.366 e. The van der Waals surface area contributed by atoms with E-state index in [1.807, 2.05) is 0 Å². The molecule has 0 spiro atoms. The lowest BCUT2D eigenvalue weighted by atomic mass is 10.00. The number of benzene rings is 2. The molecule has 32 heavy (non-hydrogen) atoms. The summed E-state index contributed by atoms with van der Waals surface area (Å²) in [6, 6.07) is 10.4. The lowest BCUT2D eigenvalue weighted by molar-refractivity contribution is -0.137. The summed E-state index contributed by atoms with van der Waals surface area (Å²) in [4.78, 5) is 35.4.